The van der Waals surface area contributed by atoms with Gasteiger partial charge >= 0.3 is 0 Å². The molecule has 176 valence electrons. The van der Waals surface area contributed by atoms with Crippen molar-refractivity contribution < 1.29 is 19.5 Å². The second kappa shape index (κ2) is 11.2. The van der Waals surface area contributed by atoms with E-state index in [4.69, 9.17) is 27.2 Å². The van der Waals surface area contributed by atoms with E-state index < -0.39 is 5.97 Å². The Labute approximate surface area is 198 Å². The lowest BCUT2D eigenvalue weighted by Crippen LogP contribution is -2.46. The van der Waals surface area contributed by atoms with E-state index in [1.54, 1.807) is 24.3 Å². The predicted octanol–water partition coefficient (Wildman–Crippen LogP) is 3.21. The van der Waals surface area contributed by atoms with Crippen molar-refractivity contribution in [1.82, 2.24) is 9.80 Å². The van der Waals surface area contributed by atoms with E-state index in [-0.39, 0.29) is 11.8 Å². The van der Waals surface area contributed by atoms with E-state index in [1.165, 1.54) is 4.90 Å². The molecule has 2 aromatic rings. The lowest BCUT2D eigenvalue weighted by molar-refractivity contribution is -0.134. The van der Waals surface area contributed by atoms with E-state index in [9.17, 15) is 9.59 Å². The number of aliphatic carboxylic acids is 1. The van der Waals surface area contributed by atoms with Gasteiger partial charge in [-0.2, -0.15) is 0 Å². The molecule has 2 heterocycles. The smallest absolute Gasteiger partial charge is 0.300 e. The molecule has 0 unspecified atom stereocenters. The molecule has 0 aromatic heterocycles. The van der Waals surface area contributed by atoms with Crippen molar-refractivity contribution in [2.45, 2.75) is 19.8 Å². The summed E-state index contributed by atoms with van der Waals surface area (Å²) in [7, 11) is 0. The van der Waals surface area contributed by atoms with Gasteiger partial charge in [0.15, 0.2) is 0 Å². The van der Waals surface area contributed by atoms with Gasteiger partial charge in [0, 0.05) is 45.3 Å². The van der Waals surface area contributed by atoms with Gasteiger partial charge in [0.2, 0.25) is 0 Å². The first-order valence-electron chi connectivity index (χ1n) is 10.9. The van der Waals surface area contributed by atoms with E-state index in [2.05, 4.69) is 9.80 Å². The van der Waals surface area contributed by atoms with Crippen LogP contribution >= 0.6 is 11.6 Å². The second-order valence-electron chi connectivity index (χ2n) is 8.07. The molecule has 1 fully saturated rings. The van der Waals surface area contributed by atoms with Crippen LogP contribution in [0.15, 0.2) is 42.5 Å². The molecule has 0 spiro atoms. The molecular weight excluding hydrogens is 444 g/mol. The average Bonchev–Trinajstić information content (AvgIpc) is 3.03. The number of carboxylic acid groups (broad SMARTS) is 1. The largest absolute Gasteiger partial charge is 0.481 e. The normalized spacial score (nSPS) is 15.8. The quantitative estimate of drug-likeness (QED) is 0.377. The Morgan fingerprint density at radius 2 is 1.52 bits per heavy atom. The molecule has 1 saturated heterocycles. The third kappa shape index (κ3) is 6.24. The topological polar surface area (TPSA) is 107 Å². The Kier molecular flexibility index (Phi) is 8.30. The number of nitrogens with zero attached hydrogens (tertiary/aromatic N) is 3. The number of hydrogen-bond acceptors (Lipinski definition) is 6. The standard InChI is InChI=1S/C22H25ClN4O2.C2H4O2/c23-19-8-7-16(15-20(19)24)26-13-11-25(12-14-26)9-3-4-10-27-21(28)17-5-1-2-6-18(17)22(27)29;1-2(3)4/h1-2,5-8,15H,3-4,9-14,24H2;1H3,(H,3,4). The van der Waals surface area contributed by atoms with Gasteiger partial charge in [-0.15, -0.1) is 0 Å². The lowest BCUT2D eigenvalue weighted by atomic mass is 10.1. The Hall–Kier alpha value is -3.10. The Morgan fingerprint density at radius 3 is 2.06 bits per heavy atom. The number of amides is 2. The predicted molar refractivity (Wildman–Crippen MR) is 129 cm³/mol. The molecule has 0 saturated carbocycles. The summed E-state index contributed by atoms with van der Waals surface area (Å²) in [4.78, 5) is 39.9. The molecule has 4 rings (SSSR count). The molecular formula is C24H29ClN4O4. The van der Waals surface area contributed by atoms with Crippen LogP contribution in [-0.2, 0) is 4.79 Å². The van der Waals surface area contributed by atoms with Crippen molar-refractivity contribution in [1.29, 1.82) is 0 Å². The van der Waals surface area contributed by atoms with Crippen molar-refractivity contribution in [2.24, 2.45) is 0 Å². The molecule has 2 aliphatic heterocycles. The molecule has 0 aliphatic carbocycles. The zero-order chi connectivity index (χ0) is 24.0. The van der Waals surface area contributed by atoms with Crippen molar-refractivity contribution in [3.63, 3.8) is 0 Å². The molecule has 0 atom stereocenters. The number of halogens is 1. The highest BCUT2D eigenvalue weighted by molar-refractivity contribution is 6.33. The summed E-state index contributed by atoms with van der Waals surface area (Å²) in [6.07, 6.45) is 1.78. The molecule has 2 aliphatic rings. The number of carbonyl (C=O) groups is 3. The third-order valence-corrected chi connectivity index (χ3v) is 6.05. The number of anilines is 2. The SMILES string of the molecule is CC(=O)O.Nc1cc(N2CCN(CCCCN3C(=O)c4ccccc4C3=O)CC2)ccc1Cl. The van der Waals surface area contributed by atoms with Crippen molar-refractivity contribution in [2.75, 3.05) is 49.9 Å². The second-order valence-corrected chi connectivity index (χ2v) is 8.48. The number of piperazine rings is 1. The maximum atomic E-state index is 12.4. The van der Waals surface area contributed by atoms with E-state index in [0.717, 1.165) is 58.2 Å². The highest BCUT2D eigenvalue weighted by Gasteiger charge is 2.34. The van der Waals surface area contributed by atoms with Gasteiger partial charge in [-0.3, -0.25) is 24.2 Å². The summed E-state index contributed by atoms with van der Waals surface area (Å²) in [5.41, 5.74) is 8.68. The van der Waals surface area contributed by atoms with E-state index >= 15 is 0 Å². The van der Waals surface area contributed by atoms with Crippen LogP contribution in [0.5, 0.6) is 0 Å². The summed E-state index contributed by atoms with van der Waals surface area (Å²) in [6.45, 7) is 6.39. The van der Waals surface area contributed by atoms with Gasteiger partial charge in [-0.1, -0.05) is 23.7 Å². The summed E-state index contributed by atoms with van der Waals surface area (Å²) in [5, 5.41) is 8.01. The first-order chi connectivity index (χ1) is 15.8. The molecule has 2 aromatic carbocycles. The number of carboxylic acids is 1. The van der Waals surface area contributed by atoms with Crippen LogP contribution in [0.4, 0.5) is 11.4 Å². The molecule has 3 N–H and O–H groups in total. The number of imide groups is 1. The fourth-order valence-electron chi connectivity index (χ4n) is 4.01. The van der Waals surface area contributed by atoms with Gasteiger partial charge < -0.3 is 15.7 Å². The average molecular weight is 473 g/mol. The minimum absolute atomic E-state index is 0.165. The maximum absolute atomic E-state index is 12.4. The number of unbranched alkanes of at least 4 members (excludes halogenated alkanes) is 1. The molecule has 8 nitrogen and oxygen atoms in total. The van der Waals surface area contributed by atoms with Gasteiger partial charge in [0.25, 0.3) is 17.8 Å². The number of nitrogen functional groups attached to an aromatic ring is 1. The first-order valence-corrected chi connectivity index (χ1v) is 11.3. The highest BCUT2D eigenvalue weighted by atomic mass is 35.5. The summed E-state index contributed by atoms with van der Waals surface area (Å²) < 4.78 is 0. The van der Waals surface area contributed by atoms with Gasteiger partial charge in [-0.05, 0) is 49.7 Å². The summed E-state index contributed by atoms with van der Waals surface area (Å²) in [6, 6.07) is 12.8. The Bertz CT molecular complexity index is 982. The summed E-state index contributed by atoms with van der Waals surface area (Å²) >= 11 is 6.01. The van der Waals surface area contributed by atoms with Gasteiger partial charge in [0.1, 0.15) is 0 Å². The van der Waals surface area contributed by atoms with Crippen LogP contribution in [0.1, 0.15) is 40.5 Å². The monoisotopic (exact) mass is 472 g/mol. The fourth-order valence-corrected chi connectivity index (χ4v) is 4.12. The number of fused-ring (bicyclic) bond motifs is 1. The van der Waals surface area contributed by atoms with Crippen molar-refractivity contribution >= 4 is 40.8 Å². The Morgan fingerprint density at radius 1 is 0.970 bits per heavy atom. The number of carbonyl (C=O) groups excluding carboxylic acids is 2. The van der Waals surface area contributed by atoms with Crippen molar-refractivity contribution in [3.05, 3.63) is 58.6 Å². The van der Waals surface area contributed by atoms with Crippen LogP contribution in [0.2, 0.25) is 5.02 Å². The van der Waals surface area contributed by atoms with E-state index in [1.807, 2.05) is 18.2 Å². The van der Waals surface area contributed by atoms with Crippen LogP contribution in [0.25, 0.3) is 0 Å². The number of benzene rings is 2. The van der Waals surface area contributed by atoms with Gasteiger partial charge in [-0.25, -0.2) is 0 Å². The van der Waals surface area contributed by atoms with Crippen molar-refractivity contribution in [3.8, 4) is 0 Å². The van der Waals surface area contributed by atoms with Crippen LogP contribution < -0.4 is 10.6 Å². The zero-order valence-corrected chi connectivity index (χ0v) is 19.4. The van der Waals surface area contributed by atoms with Crippen LogP contribution in [-0.4, -0.2) is 72.0 Å². The fraction of sp³-hybridized carbons (Fsp3) is 0.375. The number of hydrogen-bond donors (Lipinski definition) is 2. The lowest BCUT2D eigenvalue weighted by Gasteiger charge is -2.36. The molecule has 0 radical (unpaired) electrons. The maximum Gasteiger partial charge on any atom is 0.300 e. The van der Waals surface area contributed by atoms with Gasteiger partial charge in [0.05, 0.1) is 21.8 Å². The highest BCUT2D eigenvalue weighted by Crippen LogP contribution is 2.26. The molecule has 33 heavy (non-hydrogen) atoms. The third-order valence-electron chi connectivity index (χ3n) is 5.70. The number of nitrogens with two attached hydrogens (primary N) is 1. The molecule has 2 amide bonds. The molecule has 9 heteroatoms. The summed E-state index contributed by atoms with van der Waals surface area (Å²) in [5.74, 6) is -1.16. The minimum Gasteiger partial charge on any atom is -0.481 e. The van der Waals surface area contributed by atoms with E-state index in [0.29, 0.717) is 28.4 Å². The zero-order valence-electron chi connectivity index (χ0n) is 18.7. The minimum atomic E-state index is -0.833. The first kappa shape index (κ1) is 24.5. The van der Waals surface area contributed by atoms with Crippen LogP contribution in [0.3, 0.4) is 0 Å². The number of rotatable bonds is 6. The molecule has 0 bridgehead atoms. The van der Waals surface area contributed by atoms with Crippen LogP contribution in [0, 0.1) is 0 Å². The Balaban J connectivity index is 0.000000709.